The van der Waals surface area contributed by atoms with Gasteiger partial charge in [-0.15, -0.1) is 0 Å². The van der Waals surface area contributed by atoms with Gasteiger partial charge in [0.25, 0.3) is 0 Å². The number of hydrogen-bond acceptors (Lipinski definition) is 2. The second kappa shape index (κ2) is 5.09. The third-order valence-electron chi connectivity index (χ3n) is 3.68. The van der Waals surface area contributed by atoms with Gasteiger partial charge in [0.15, 0.2) is 0 Å². The number of halogens is 1. The Hall–Kier alpha value is -2.56. The summed E-state index contributed by atoms with van der Waals surface area (Å²) in [7, 11) is 3.53. The molecule has 0 saturated carbocycles. The van der Waals surface area contributed by atoms with E-state index in [-0.39, 0.29) is 11.5 Å². The van der Waals surface area contributed by atoms with Crippen LogP contribution < -0.4 is 11.0 Å². The molecule has 0 aliphatic heterocycles. The van der Waals surface area contributed by atoms with E-state index in [2.05, 4.69) is 5.32 Å². The van der Waals surface area contributed by atoms with Crippen LogP contribution in [0, 0.1) is 5.82 Å². The molecule has 5 heteroatoms. The molecule has 1 aromatic heterocycles. The fraction of sp³-hybridized carbons (Fsp3) is 0.188. The van der Waals surface area contributed by atoms with Crippen molar-refractivity contribution in [1.29, 1.82) is 0 Å². The van der Waals surface area contributed by atoms with E-state index in [0.29, 0.717) is 6.54 Å². The molecule has 108 valence electrons. The van der Waals surface area contributed by atoms with Gasteiger partial charge in [-0.2, -0.15) is 0 Å². The molecule has 2 aromatic carbocycles. The largest absolute Gasteiger partial charge is 0.381 e. The molecule has 0 aliphatic carbocycles. The van der Waals surface area contributed by atoms with Gasteiger partial charge in [0.2, 0.25) is 0 Å². The minimum atomic E-state index is -0.249. The Bertz CT molecular complexity index is 846. The van der Waals surface area contributed by atoms with Gasteiger partial charge in [-0.05, 0) is 42.0 Å². The van der Waals surface area contributed by atoms with Crippen LogP contribution in [0.3, 0.4) is 0 Å². The molecule has 0 radical (unpaired) electrons. The van der Waals surface area contributed by atoms with E-state index in [9.17, 15) is 9.18 Å². The molecule has 4 nitrogen and oxygen atoms in total. The molecule has 0 atom stereocenters. The highest BCUT2D eigenvalue weighted by molar-refractivity contribution is 5.76. The van der Waals surface area contributed by atoms with Crippen molar-refractivity contribution in [2.45, 2.75) is 6.54 Å². The number of rotatable bonds is 3. The zero-order valence-corrected chi connectivity index (χ0v) is 11.9. The second-order valence-corrected chi connectivity index (χ2v) is 5.08. The maximum absolute atomic E-state index is 12.8. The van der Waals surface area contributed by atoms with Gasteiger partial charge in [0, 0.05) is 26.3 Å². The predicted octanol–water partition coefficient (Wildman–Crippen LogP) is 2.63. The SMILES string of the molecule is Cn1c(=O)n(C)c2cc(CNc3ccc(F)cc3)ccc21. The molecule has 21 heavy (non-hydrogen) atoms. The molecule has 1 heterocycles. The maximum Gasteiger partial charge on any atom is 0.328 e. The number of aryl methyl sites for hydroxylation is 2. The molecule has 1 N–H and O–H groups in total. The summed E-state index contributed by atoms with van der Waals surface area (Å²) in [6.07, 6.45) is 0. The summed E-state index contributed by atoms with van der Waals surface area (Å²) in [4.78, 5) is 11.9. The van der Waals surface area contributed by atoms with Crippen molar-refractivity contribution in [3.8, 4) is 0 Å². The van der Waals surface area contributed by atoms with Crippen LogP contribution in [0.1, 0.15) is 5.56 Å². The Balaban J connectivity index is 1.86. The van der Waals surface area contributed by atoms with Crippen molar-refractivity contribution in [3.05, 3.63) is 64.3 Å². The first kappa shape index (κ1) is 13.4. The van der Waals surface area contributed by atoms with E-state index >= 15 is 0 Å². The van der Waals surface area contributed by atoms with Gasteiger partial charge in [-0.25, -0.2) is 9.18 Å². The smallest absolute Gasteiger partial charge is 0.328 e. The number of imidazole rings is 1. The summed E-state index contributed by atoms with van der Waals surface area (Å²) in [6, 6.07) is 12.2. The summed E-state index contributed by atoms with van der Waals surface area (Å²) < 4.78 is 16.1. The van der Waals surface area contributed by atoms with E-state index in [4.69, 9.17) is 0 Å². The van der Waals surface area contributed by atoms with Crippen LogP contribution in [0.25, 0.3) is 11.0 Å². The molecule has 3 rings (SSSR count). The van der Waals surface area contributed by atoms with Crippen molar-refractivity contribution in [1.82, 2.24) is 9.13 Å². The topological polar surface area (TPSA) is 39.0 Å². The van der Waals surface area contributed by atoms with Crippen molar-refractivity contribution >= 4 is 16.7 Å². The summed E-state index contributed by atoms with van der Waals surface area (Å²) >= 11 is 0. The molecule has 0 fully saturated rings. The van der Waals surface area contributed by atoms with E-state index in [1.165, 1.54) is 12.1 Å². The van der Waals surface area contributed by atoms with Gasteiger partial charge < -0.3 is 5.32 Å². The lowest BCUT2D eigenvalue weighted by Crippen LogP contribution is -2.19. The van der Waals surface area contributed by atoms with E-state index < -0.39 is 0 Å². The molecule has 0 unspecified atom stereocenters. The fourth-order valence-corrected chi connectivity index (χ4v) is 2.43. The normalized spacial score (nSPS) is 11.0. The van der Waals surface area contributed by atoms with E-state index in [1.54, 1.807) is 35.4 Å². The third kappa shape index (κ3) is 2.42. The number of hydrogen-bond donors (Lipinski definition) is 1. The molecule has 0 spiro atoms. The van der Waals surface area contributed by atoms with Gasteiger partial charge in [-0.3, -0.25) is 9.13 Å². The van der Waals surface area contributed by atoms with Gasteiger partial charge in [0.05, 0.1) is 11.0 Å². The quantitative estimate of drug-likeness (QED) is 0.803. The highest BCUT2D eigenvalue weighted by atomic mass is 19.1. The van der Waals surface area contributed by atoms with Crippen LogP contribution in [0.4, 0.5) is 10.1 Å². The standard InChI is InChI=1S/C16H16FN3O/c1-19-14-8-3-11(9-15(14)20(2)16(19)21)10-18-13-6-4-12(17)5-7-13/h3-9,18H,10H2,1-2H3. The summed E-state index contributed by atoms with van der Waals surface area (Å²) in [5.74, 6) is -0.249. The summed E-state index contributed by atoms with van der Waals surface area (Å²) in [5, 5.41) is 3.23. The molecule has 0 amide bonds. The van der Waals surface area contributed by atoms with E-state index in [0.717, 1.165) is 22.3 Å². The zero-order valence-electron chi connectivity index (χ0n) is 11.9. The molecular weight excluding hydrogens is 269 g/mol. The van der Waals surface area contributed by atoms with Crippen molar-refractivity contribution in [2.24, 2.45) is 14.1 Å². The molecule has 3 aromatic rings. The van der Waals surface area contributed by atoms with Crippen molar-refractivity contribution in [2.75, 3.05) is 5.32 Å². The van der Waals surface area contributed by atoms with E-state index in [1.807, 2.05) is 18.2 Å². The highest BCUT2D eigenvalue weighted by Crippen LogP contribution is 2.16. The van der Waals surface area contributed by atoms with Gasteiger partial charge in [-0.1, -0.05) is 6.07 Å². The van der Waals surface area contributed by atoms with Crippen molar-refractivity contribution < 1.29 is 4.39 Å². The average molecular weight is 285 g/mol. The second-order valence-electron chi connectivity index (χ2n) is 5.08. The number of nitrogens with zero attached hydrogens (tertiary/aromatic N) is 2. The van der Waals surface area contributed by atoms with Crippen LogP contribution in [0.15, 0.2) is 47.3 Å². The van der Waals surface area contributed by atoms with Crippen LogP contribution in [-0.2, 0) is 20.6 Å². The van der Waals surface area contributed by atoms with Gasteiger partial charge in [0.1, 0.15) is 5.82 Å². The van der Waals surface area contributed by atoms with Crippen LogP contribution in [0.2, 0.25) is 0 Å². The Morgan fingerprint density at radius 1 is 1.00 bits per heavy atom. The van der Waals surface area contributed by atoms with Crippen molar-refractivity contribution in [3.63, 3.8) is 0 Å². The van der Waals surface area contributed by atoms with Crippen LogP contribution in [0.5, 0.6) is 0 Å². The lowest BCUT2D eigenvalue weighted by Gasteiger charge is -2.07. The molecule has 0 aliphatic rings. The zero-order chi connectivity index (χ0) is 15.0. The number of nitrogens with one attached hydrogen (secondary N) is 1. The Morgan fingerprint density at radius 2 is 1.67 bits per heavy atom. The number of fused-ring (bicyclic) bond motifs is 1. The summed E-state index contributed by atoms with van der Waals surface area (Å²) in [6.45, 7) is 0.616. The van der Waals surface area contributed by atoms with Gasteiger partial charge >= 0.3 is 5.69 Å². The molecule has 0 bridgehead atoms. The number of aromatic nitrogens is 2. The molecular formula is C16H16FN3O. The first-order valence-corrected chi connectivity index (χ1v) is 6.70. The monoisotopic (exact) mass is 285 g/mol. The predicted molar refractivity (Wildman–Crippen MR) is 81.9 cm³/mol. The Labute approximate surface area is 121 Å². The minimum Gasteiger partial charge on any atom is -0.381 e. The third-order valence-corrected chi connectivity index (χ3v) is 3.68. The molecule has 0 saturated heterocycles. The number of benzene rings is 2. The first-order chi connectivity index (χ1) is 10.1. The Kier molecular flexibility index (Phi) is 3.25. The van der Waals surface area contributed by atoms with Crippen LogP contribution in [-0.4, -0.2) is 9.13 Å². The maximum atomic E-state index is 12.8. The highest BCUT2D eigenvalue weighted by Gasteiger charge is 2.07. The fourth-order valence-electron chi connectivity index (χ4n) is 2.43. The van der Waals surface area contributed by atoms with Crippen LogP contribution >= 0.6 is 0 Å². The lowest BCUT2D eigenvalue weighted by molar-refractivity contribution is 0.628. The Morgan fingerprint density at radius 3 is 2.38 bits per heavy atom. The summed E-state index contributed by atoms with van der Waals surface area (Å²) in [5.41, 5.74) is 3.70. The first-order valence-electron chi connectivity index (χ1n) is 6.70. The average Bonchev–Trinajstić information content (AvgIpc) is 2.71. The number of anilines is 1. The lowest BCUT2D eigenvalue weighted by atomic mass is 10.2. The minimum absolute atomic E-state index is 0.0337.